The molecule has 3 rings (SSSR count). The highest BCUT2D eigenvalue weighted by molar-refractivity contribution is 5.77. The number of carbonyl (C=O) groups excluding carboxylic acids is 1. The van der Waals surface area contributed by atoms with Crippen molar-refractivity contribution in [3.8, 4) is 11.5 Å². The van der Waals surface area contributed by atoms with Crippen molar-refractivity contribution >= 4 is 5.91 Å². The zero-order valence-electron chi connectivity index (χ0n) is 16.5. The first kappa shape index (κ1) is 20.2. The summed E-state index contributed by atoms with van der Waals surface area (Å²) in [7, 11) is 1.62. The molecule has 0 aromatic heterocycles. The maximum atomic E-state index is 11.9. The van der Waals surface area contributed by atoms with Crippen molar-refractivity contribution < 1.29 is 14.3 Å². The van der Waals surface area contributed by atoms with Crippen molar-refractivity contribution in [1.82, 2.24) is 15.1 Å². The Morgan fingerprint density at radius 3 is 2.25 bits per heavy atom. The summed E-state index contributed by atoms with van der Waals surface area (Å²) in [6.45, 7) is 6.73. The van der Waals surface area contributed by atoms with Crippen LogP contribution in [0.25, 0.3) is 0 Å². The molecule has 1 aliphatic heterocycles. The van der Waals surface area contributed by atoms with Gasteiger partial charge in [0.25, 0.3) is 5.91 Å². The molecule has 1 amide bonds. The van der Waals surface area contributed by atoms with Crippen molar-refractivity contribution in [2.24, 2.45) is 0 Å². The minimum atomic E-state index is -0.0986. The van der Waals surface area contributed by atoms with E-state index in [0.717, 1.165) is 45.0 Å². The quantitative estimate of drug-likeness (QED) is 0.718. The molecule has 1 heterocycles. The summed E-state index contributed by atoms with van der Waals surface area (Å²) < 4.78 is 10.6. The molecule has 1 fully saturated rings. The van der Waals surface area contributed by atoms with Crippen molar-refractivity contribution in [2.75, 3.05) is 53.0 Å². The third-order valence-electron chi connectivity index (χ3n) is 4.89. The summed E-state index contributed by atoms with van der Waals surface area (Å²) in [6.07, 6.45) is 0. The van der Waals surface area contributed by atoms with Gasteiger partial charge in [0.05, 0.1) is 7.11 Å². The molecular formula is C22H29N3O3. The van der Waals surface area contributed by atoms with E-state index in [1.54, 1.807) is 19.2 Å². The van der Waals surface area contributed by atoms with Crippen LogP contribution in [0.4, 0.5) is 0 Å². The van der Waals surface area contributed by atoms with Crippen LogP contribution in [0.15, 0.2) is 54.6 Å². The average Bonchev–Trinajstić information content (AvgIpc) is 2.74. The van der Waals surface area contributed by atoms with Gasteiger partial charge >= 0.3 is 0 Å². The Bertz CT molecular complexity index is 714. The maximum Gasteiger partial charge on any atom is 0.257 e. The number of ether oxygens (including phenoxy) is 2. The number of rotatable bonds is 9. The molecule has 0 saturated carbocycles. The molecule has 6 nitrogen and oxygen atoms in total. The van der Waals surface area contributed by atoms with E-state index < -0.39 is 0 Å². The standard InChI is InChI=1S/C22H29N3O3/c1-27-20-7-9-21(10-8-20)28-18-22(26)23-11-12-24-13-15-25(16-14-24)17-19-5-3-2-4-6-19/h2-10H,11-18H2,1H3,(H,23,26). The van der Waals surface area contributed by atoms with Crippen molar-refractivity contribution in [2.45, 2.75) is 6.54 Å². The molecule has 0 atom stereocenters. The SMILES string of the molecule is COc1ccc(OCC(=O)NCCN2CCN(Cc3ccccc3)CC2)cc1. The average molecular weight is 383 g/mol. The van der Waals surface area contributed by atoms with Crippen LogP contribution in [0.5, 0.6) is 11.5 Å². The molecule has 28 heavy (non-hydrogen) atoms. The smallest absolute Gasteiger partial charge is 0.257 e. The van der Waals surface area contributed by atoms with E-state index >= 15 is 0 Å². The molecule has 0 bridgehead atoms. The Labute approximate surface area is 167 Å². The number of methoxy groups -OCH3 is 1. The Kier molecular flexibility index (Phi) is 7.70. The lowest BCUT2D eigenvalue weighted by atomic mass is 10.2. The molecular weight excluding hydrogens is 354 g/mol. The highest BCUT2D eigenvalue weighted by atomic mass is 16.5. The van der Waals surface area contributed by atoms with Gasteiger partial charge in [-0.3, -0.25) is 14.6 Å². The van der Waals surface area contributed by atoms with Crippen LogP contribution >= 0.6 is 0 Å². The number of nitrogens with zero attached hydrogens (tertiary/aromatic N) is 2. The second-order valence-electron chi connectivity index (χ2n) is 6.92. The summed E-state index contributed by atoms with van der Waals surface area (Å²) in [6, 6.07) is 17.8. The molecule has 0 radical (unpaired) electrons. The Hall–Kier alpha value is -2.57. The molecule has 0 aliphatic carbocycles. The Balaban J connectivity index is 1.27. The first-order valence-corrected chi connectivity index (χ1v) is 9.75. The fourth-order valence-corrected chi connectivity index (χ4v) is 3.24. The molecule has 2 aromatic carbocycles. The monoisotopic (exact) mass is 383 g/mol. The normalized spacial score (nSPS) is 15.2. The first-order valence-electron chi connectivity index (χ1n) is 9.75. The van der Waals surface area contributed by atoms with Crippen LogP contribution in [0.1, 0.15) is 5.56 Å². The van der Waals surface area contributed by atoms with Gasteiger partial charge in [-0.2, -0.15) is 0 Å². The highest BCUT2D eigenvalue weighted by Gasteiger charge is 2.16. The van der Waals surface area contributed by atoms with E-state index in [2.05, 4.69) is 45.4 Å². The summed E-state index contributed by atoms with van der Waals surface area (Å²) >= 11 is 0. The highest BCUT2D eigenvalue weighted by Crippen LogP contribution is 2.16. The zero-order chi connectivity index (χ0) is 19.6. The number of hydrogen-bond acceptors (Lipinski definition) is 5. The van der Waals surface area contributed by atoms with Gasteiger partial charge in [-0.25, -0.2) is 0 Å². The number of amides is 1. The van der Waals surface area contributed by atoms with Crippen LogP contribution < -0.4 is 14.8 Å². The predicted octanol–water partition coefficient (Wildman–Crippen LogP) is 2.01. The van der Waals surface area contributed by atoms with Crippen LogP contribution in [0.3, 0.4) is 0 Å². The molecule has 2 aromatic rings. The van der Waals surface area contributed by atoms with Gasteiger partial charge in [0.2, 0.25) is 0 Å². The van der Waals surface area contributed by atoms with Gasteiger partial charge in [-0.1, -0.05) is 30.3 Å². The molecule has 6 heteroatoms. The van der Waals surface area contributed by atoms with Gasteiger partial charge < -0.3 is 14.8 Å². The van der Waals surface area contributed by atoms with E-state index in [4.69, 9.17) is 9.47 Å². The minimum absolute atomic E-state index is 0.0250. The van der Waals surface area contributed by atoms with E-state index in [1.165, 1.54) is 5.56 Å². The Morgan fingerprint density at radius 1 is 0.929 bits per heavy atom. The number of piperazine rings is 1. The molecule has 1 aliphatic rings. The van der Waals surface area contributed by atoms with Crippen molar-refractivity contribution in [3.05, 3.63) is 60.2 Å². The second-order valence-corrected chi connectivity index (χ2v) is 6.92. The number of benzene rings is 2. The molecule has 1 saturated heterocycles. The van der Waals surface area contributed by atoms with E-state index in [1.807, 2.05) is 12.1 Å². The summed E-state index contributed by atoms with van der Waals surface area (Å²) in [5.41, 5.74) is 1.36. The predicted molar refractivity (Wildman–Crippen MR) is 110 cm³/mol. The summed E-state index contributed by atoms with van der Waals surface area (Å²) in [5, 5.41) is 2.93. The van der Waals surface area contributed by atoms with Crippen LogP contribution in [-0.4, -0.2) is 68.7 Å². The summed E-state index contributed by atoms with van der Waals surface area (Å²) in [5.74, 6) is 1.32. The number of carbonyl (C=O) groups is 1. The second kappa shape index (κ2) is 10.7. The lowest BCUT2D eigenvalue weighted by molar-refractivity contribution is -0.123. The lowest BCUT2D eigenvalue weighted by Crippen LogP contribution is -2.48. The van der Waals surface area contributed by atoms with Crippen LogP contribution in [0.2, 0.25) is 0 Å². The van der Waals surface area contributed by atoms with Gasteiger partial charge in [0.1, 0.15) is 11.5 Å². The zero-order valence-corrected chi connectivity index (χ0v) is 16.5. The third kappa shape index (κ3) is 6.55. The van der Waals surface area contributed by atoms with Gasteiger partial charge in [-0.15, -0.1) is 0 Å². The summed E-state index contributed by atoms with van der Waals surface area (Å²) in [4.78, 5) is 16.8. The topological polar surface area (TPSA) is 54.0 Å². The molecule has 0 unspecified atom stereocenters. The van der Waals surface area contributed by atoms with Crippen LogP contribution in [0, 0.1) is 0 Å². The van der Waals surface area contributed by atoms with Gasteiger partial charge in [0.15, 0.2) is 6.61 Å². The largest absolute Gasteiger partial charge is 0.497 e. The van der Waals surface area contributed by atoms with Crippen molar-refractivity contribution in [3.63, 3.8) is 0 Å². The van der Waals surface area contributed by atoms with Crippen LogP contribution in [-0.2, 0) is 11.3 Å². The molecule has 150 valence electrons. The maximum absolute atomic E-state index is 11.9. The number of hydrogen-bond donors (Lipinski definition) is 1. The third-order valence-corrected chi connectivity index (χ3v) is 4.89. The van der Waals surface area contributed by atoms with E-state index in [9.17, 15) is 4.79 Å². The van der Waals surface area contributed by atoms with Gasteiger partial charge in [0, 0.05) is 45.8 Å². The van der Waals surface area contributed by atoms with E-state index in [-0.39, 0.29) is 12.5 Å². The number of nitrogens with one attached hydrogen (secondary N) is 1. The first-order chi connectivity index (χ1) is 13.7. The lowest BCUT2D eigenvalue weighted by Gasteiger charge is -2.34. The van der Waals surface area contributed by atoms with Crippen molar-refractivity contribution in [1.29, 1.82) is 0 Å². The Morgan fingerprint density at radius 2 is 1.57 bits per heavy atom. The van der Waals surface area contributed by atoms with Gasteiger partial charge in [-0.05, 0) is 29.8 Å². The van der Waals surface area contributed by atoms with E-state index in [0.29, 0.717) is 12.3 Å². The molecule has 0 spiro atoms. The fourth-order valence-electron chi connectivity index (χ4n) is 3.24. The molecule has 1 N–H and O–H groups in total. The minimum Gasteiger partial charge on any atom is -0.497 e. The fraction of sp³-hybridized carbons (Fsp3) is 0.409.